The van der Waals surface area contributed by atoms with Crippen molar-refractivity contribution in [1.82, 2.24) is 20.2 Å². The first-order valence-electron chi connectivity index (χ1n) is 8.02. The Bertz CT molecular complexity index is 844. The first kappa shape index (κ1) is 17.6. The summed E-state index contributed by atoms with van der Waals surface area (Å²) in [6.45, 7) is 9.57. The third-order valence-corrected chi connectivity index (χ3v) is 5.73. The van der Waals surface area contributed by atoms with Crippen LogP contribution in [0.5, 0.6) is 0 Å². The molecule has 10 heteroatoms. The van der Waals surface area contributed by atoms with Gasteiger partial charge in [0.05, 0.1) is 41.7 Å². The van der Waals surface area contributed by atoms with E-state index in [4.69, 9.17) is 4.74 Å². The normalized spacial score (nSPS) is 15.4. The lowest BCUT2D eigenvalue weighted by atomic mass is 10.3. The zero-order chi connectivity index (χ0) is 18.2. The molecule has 1 fully saturated rings. The van der Waals surface area contributed by atoms with E-state index < -0.39 is 10.0 Å². The molecule has 0 radical (unpaired) electrons. The molecule has 1 aliphatic rings. The van der Waals surface area contributed by atoms with E-state index in [1.807, 2.05) is 4.90 Å². The van der Waals surface area contributed by atoms with E-state index >= 15 is 0 Å². The second-order valence-corrected chi connectivity index (χ2v) is 7.66. The zero-order valence-electron chi connectivity index (χ0n) is 14.8. The topological polar surface area (TPSA) is 113 Å². The fourth-order valence-corrected chi connectivity index (χ4v) is 4.42. The first-order valence-corrected chi connectivity index (χ1v) is 9.50. The summed E-state index contributed by atoms with van der Waals surface area (Å²) in [7, 11) is -3.77. The molecule has 9 nitrogen and oxygen atoms in total. The van der Waals surface area contributed by atoms with Gasteiger partial charge in [0.2, 0.25) is 5.95 Å². The summed E-state index contributed by atoms with van der Waals surface area (Å²) in [6.07, 6.45) is 0. The van der Waals surface area contributed by atoms with Crippen LogP contribution in [0.15, 0.2) is 4.90 Å². The number of nitrogens with one attached hydrogen (secondary N) is 2. The molecule has 2 N–H and O–H groups in total. The Kier molecular flexibility index (Phi) is 4.65. The molecule has 0 aliphatic carbocycles. The number of nitrogens with zero attached hydrogens (tertiary/aromatic N) is 4. The predicted octanol–water partition coefficient (Wildman–Crippen LogP) is 1.07. The number of aromatic amines is 1. The van der Waals surface area contributed by atoms with E-state index in [9.17, 15) is 8.42 Å². The lowest BCUT2D eigenvalue weighted by Crippen LogP contribution is -2.37. The number of aryl methyl sites for hydroxylation is 4. The van der Waals surface area contributed by atoms with Gasteiger partial charge in [-0.25, -0.2) is 18.4 Å². The molecule has 3 heterocycles. The van der Waals surface area contributed by atoms with Gasteiger partial charge in [-0.3, -0.25) is 9.82 Å². The van der Waals surface area contributed by atoms with Crippen LogP contribution in [0.2, 0.25) is 0 Å². The summed E-state index contributed by atoms with van der Waals surface area (Å²) in [5.74, 6) is 0.594. The minimum atomic E-state index is -3.77. The van der Waals surface area contributed by atoms with E-state index in [1.165, 1.54) is 0 Å². The molecule has 0 amide bonds. The molecule has 3 rings (SSSR count). The Labute approximate surface area is 146 Å². The third kappa shape index (κ3) is 3.45. The van der Waals surface area contributed by atoms with Crippen molar-refractivity contribution >= 4 is 21.7 Å². The maximum absolute atomic E-state index is 12.7. The highest BCUT2D eigenvalue weighted by molar-refractivity contribution is 7.92. The third-order valence-electron chi connectivity index (χ3n) is 4.12. The van der Waals surface area contributed by atoms with Gasteiger partial charge < -0.3 is 9.64 Å². The van der Waals surface area contributed by atoms with Crippen LogP contribution in [-0.4, -0.2) is 54.9 Å². The number of aromatic nitrogens is 4. The van der Waals surface area contributed by atoms with Gasteiger partial charge in [0.1, 0.15) is 4.90 Å². The minimum absolute atomic E-state index is 0.156. The average Bonchev–Trinajstić information content (AvgIpc) is 2.91. The van der Waals surface area contributed by atoms with E-state index in [0.717, 1.165) is 13.1 Å². The molecular weight excluding hydrogens is 344 g/mol. The summed E-state index contributed by atoms with van der Waals surface area (Å²) < 4.78 is 33.4. The molecule has 1 aliphatic heterocycles. The van der Waals surface area contributed by atoms with Crippen molar-refractivity contribution in [3.63, 3.8) is 0 Å². The van der Waals surface area contributed by atoms with E-state index in [-0.39, 0.29) is 4.90 Å². The zero-order valence-corrected chi connectivity index (χ0v) is 15.6. The van der Waals surface area contributed by atoms with Crippen molar-refractivity contribution in [2.75, 3.05) is 35.9 Å². The van der Waals surface area contributed by atoms with Gasteiger partial charge in [-0.05, 0) is 27.7 Å². The highest BCUT2D eigenvalue weighted by Gasteiger charge is 2.25. The Morgan fingerprint density at radius 1 is 1.04 bits per heavy atom. The SMILES string of the molecule is Cc1nc(N2CCOCC2)nc(C)c1NS(=O)(=O)c1c(C)n[nH]c1C. The van der Waals surface area contributed by atoms with Gasteiger partial charge in [-0.15, -0.1) is 0 Å². The Morgan fingerprint density at radius 3 is 2.16 bits per heavy atom. The van der Waals surface area contributed by atoms with E-state index in [2.05, 4.69) is 24.9 Å². The molecule has 2 aromatic rings. The monoisotopic (exact) mass is 366 g/mol. The highest BCUT2D eigenvalue weighted by Crippen LogP contribution is 2.26. The van der Waals surface area contributed by atoms with Crippen LogP contribution >= 0.6 is 0 Å². The van der Waals surface area contributed by atoms with Crippen LogP contribution < -0.4 is 9.62 Å². The van der Waals surface area contributed by atoms with Crippen molar-refractivity contribution in [3.8, 4) is 0 Å². The number of rotatable bonds is 4. The van der Waals surface area contributed by atoms with Crippen LogP contribution in [0.4, 0.5) is 11.6 Å². The Balaban J connectivity index is 1.93. The molecule has 2 aromatic heterocycles. The average molecular weight is 366 g/mol. The largest absolute Gasteiger partial charge is 0.378 e. The number of sulfonamides is 1. The number of anilines is 2. The smallest absolute Gasteiger partial charge is 0.265 e. The number of hydrogen-bond donors (Lipinski definition) is 2. The molecule has 0 unspecified atom stereocenters. The Hall–Kier alpha value is -2.20. The first-order chi connectivity index (χ1) is 11.8. The maximum atomic E-state index is 12.7. The summed E-state index contributed by atoms with van der Waals surface area (Å²) in [5.41, 5.74) is 2.47. The van der Waals surface area contributed by atoms with Gasteiger partial charge in [0, 0.05) is 13.1 Å². The molecule has 136 valence electrons. The van der Waals surface area contributed by atoms with Crippen LogP contribution in [-0.2, 0) is 14.8 Å². The van der Waals surface area contributed by atoms with Crippen molar-refractivity contribution in [2.24, 2.45) is 0 Å². The van der Waals surface area contributed by atoms with E-state index in [1.54, 1.807) is 27.7 Å². The van der Waals surface area contributed by atoms with Crippen LogP contribution in [0.1, 0.15) is 22.8 Å². The fourth-order valence-electron chi connectivity index (χ4n) is 2.87. The molecule has 1 saturated heterocycles. The maximum Gasteiger partial charge on any atom is 0.265 e. The highest BCUT2D eigenvalue weighted by atomic mass is 32.2. The van der Waals surface area contributed by atoms with Gasteiger partial charge in [0.25, 0.3) is 10.0 Å². The van der Waals surface area contributed by atoms with Gasteiger partial charge in [0.15, 0.2) is 0 Å². The van der Waals surface area contributed by atoms with E-state index in [0.29, 0.717) is 47.6 Å². The van der Waals surface area contributed by atoms with Crippen molar-refractivity contribution in [3.05, 3.63) is 22.8 Å². The molecule has 25 heavy (non-hydrogen) atoms. The summed E-state index contributed by atoms with van der Waals surface area (Å²) in [4.78, 5) is 11.1. The van der Waals surface area contributed by atoms with Crippen LogP contribution in [0.25, 0.3) is 0 Å². The van der Waals surface area contributed by atoms with Crippen molar-refractivity contribution < 1.29 is 13.2 Å². The fraction of sp³-hybridized carbons (Fsp3) is 0.533. The summed E-state index contributed by atoms with van der Waals surface area (Å²) >= 11 is 0. The molecular formula is C15H22N6O3S. The number of H-pyrrole nitrogens is 1. The number of morpholine rings is 1. The molecule has 0 atom stereocenters. The molecule has 0 bridgehead atoms. The van der Waals surface area contributed by atoms with Gasteiger partial charge in [-0.2, -0.15) is 5.10 Å². The quantitative estimate of drug-likeness (QED) is 0.832. The Morgan fingerprint density at radius 2 is 1.64 bits per heavy atom. The number of ether oxygens (including phenoxy) is 1. The van der Waals surface area contributed by atoms with Crippen molar-refractivity contribution in [2.45, 2.75) is 32.6 Å². The van der Waals surface area contributed by atoms with Crippen LogP contribution in [0.3, 0.4) is 0 Å². The predicted molar refractivity (Wildman–Crippen MR) is 93.4 cm³/mol. The number of hydrogen-bond acceptors (Lipinski definition) is 7. The molecule has 0 aromatic carbocycles. The second kappa shape index (κ2) is 6.60. The minimum Gasteiger partial charge on any atom is -0.378 e. The van der Waals surface area contributed by atoms with Crippen LogP contribution in [0, 0.1) is 27.7 Å². The molecule has 0 saturated carbocycles. The van der Waals surface area contributed by atoms with Crippen molar-refractivity contribution in [1.29, 1.82) is 0 Å². The summed E-state index contributed by atoms with van der Waals surface area (Å²) in [6, 6.07) is 0. The van der Waals surface area contributed by atoms with Gasteiger partial charge in [-0.1, -0.05) is 0 Å². The van der Waals surface area contributed by atoms with Gasteiger partial charge >= 0.3 is 0 Å². The second-order valence-electron chi connectivity index (χ2n) is 6.04. The lowest BCUT2D eigenvalue weighted by molar-refractivity contribution is 0.122. The lowest BCUT2D eigenvalue weighted by Gasteiger charge is -2.27. The standard InChI is InChI=1S/C15H22N6O3S/c1-9-13(20-25(22,23)14-11(3)18-19-12(14)4)10(2)17-15(16-9)21-5-7-24-8-6-21/h20H,5-8H2,1-4H3,(H,18,19). The summed E-state index contributed by atoms with van der Waals surface area (Å²) in [5, 5.41) is 6.64. The molecule has 0 spiro atoms.